The van der Waals surface area contributed by atoms with Gasteiger partial charge in [0, 0.05) is 18.2 Å². The van der Waals surface area contributed by atoms with Crippen molar-refractivity contribution in [3.63, 3.8) is 0 Å². The van der Waals surface area contributed by atoms with Crippen LogP contribution in [0.15, 0.2) is 71.8 Å². The molecule has 0 spiro atoms. The molecule has 2 heterocycles. The number of tetrazole rings is 1. The molecule has 1 unspecified atom stereocenters. The van der Waals surface area contributed by atoms with Crippen molar-refractivity contribution >= 4 is 11.8 Å². The third kappa shape index (κ3) is 2.59. The number of aromatic nitrogens is 4. The predicted octanol–water partition coefficient (Wildman–Crippen LogP) is 3.22. The Morgan fingerprint density at radius 3 is 2.29 bits per heavy atom. The van der Waals surface area contributed by atoms with Gasteiger partial charge in [-0.2, -0.15) is 0 Å². The highest BCUT2D eigenvalue weighted by Gasteiger charge is 2.35. The number of thioether (sulfide) groups is 1. The number of benzene rings is 2. The SMILES string of the molecule is CC1=CN(C)C([n+]2c(-c3ccccc3)nnn2-c2ccccc2)S1. The van der Waals surface area contributed by atoms with Crippen LogP contribution in [0, 0.1) is 0 Å². The number of rotatable bonds is 3. The lowest BCUT2D eigenvalue weighted by atomic mass is 10.2. The van der Waals surface area contributed by atoms with Gasteiger partial charge in [0.1, 0.15) is 10.8 Å². The second kappa shape index (κ2) is 6.13. The van der Waals surface area contributed by atoms with E-state index in [0.29, 0.717) is 0 Å². The minimum absolute atomic E-state index is 0.0791. The lowest BCUT2D eigenvalue weighted by Gasteiger charge is -2.19. The average Bonchev–Trinajstić information content (AvgIpc) is 3.19. The van der Waals surface area contributed by atoms with Crippen molar-refractivity contribution in [2.75, 3.05) is 7.05 Å². The maximum absolute atomic E-state index is 4.48. The van der Waals surface area contributed by atoms with Crippen molar-refractivity contribution in [1.29, 1.82) is 0 Å². The van der Waals surface area contributed by atoms with Crippen LogP contribution in [0.5, 0.6) is 0 Å². The second-order valence-corrected chi connectivity index (χ2v) is 7.00. The first kappa shape index (κ1) is 15.0. The molecule has 6 heteroatoms. The van der Waals surface area contributed by atoms with Crippen LogP contribution in [0.1, 0.15) is 12.4 Å². The molecule has 1 aliphatic heterocycles. The second-order valence-electron chi connectivity index (χ2n) is 5.70. The lowest BCUT2D eigenvalue weighted by Crippen LogP contribution is -2.51. The summed E-state index contributed by atoms with van der Waals surface area (Å²) in [7, 11) is 2.08. The molecule has 0 fully saturated rings. The summed E-state index contributed by atoms with van der Waals surface area (Å²) >= 11 is 1.80. The van der Waals surface area contributed by atoms with Gasteiger partial charge in [-0.05, 0) is 36.0 Å². The van der Waals surface area contributed by atoms with Gasteiger partial charge in [-0.25, -0.2) is 0 Å². The van der Waals surface area contributed by atoms with E-state index in [-0.39, 0.29) is 5.50 Å². The van der Waals surface area contributed by atoms with E-state index in [1.54, 1.807) is 11.8 Å². The summed E-state index contributed by atoms with van der Waals surface area (Å²) in [5.74, 6) is 0.854. The van der Waals surface area contributed by atoms with E-state index in [4.69, 9.17) is 0 Å². The van der Waals surface area contributed by atoms with Crippen LogP contribution in [0.2, 0.25) is 0 Å². The number of hydrogen-bond acceptors (Lipinski definition) is 4. The van der Waals surface area contributed by atoms with E-state index in [1.165, 1.54) is 4.91 Å². The molecule has 0 saturated heterocycles. The number of hydrogen-bond donors (Lipinski definition) is 0. The van der Waals surface area contributed by atoms with Gasteiger partial charge in [-0.3, -0.25) is 0 Å². The van der Waals surface area contributed by atoms with E-state index >= 15 is 0 Å². The minimum atomic E-state index is 0.0791. The van der Waals surface area contributed by atoms with Gasteiger partial charge in [0.15, 0.2) is 5.21 Å². The fourth-order valence-electron chi connectivity index (χ4n) is 2.83. The van der Waals surface area contributed by atoms with Gasteiger partial charge >= 0.3 is 5.82 Å². The summed E-state index contributed by atoms with van der Waals surface area (Å²) in [6.45, 7) is 2.13. The average molecular weight is 336 g/mol. The molecule has 1 aromatic heterocycles. The predicted molar refractivity (Wildman–Crippen MR) is 95.1 cm³/mol. The molecule has 24 heavy (non-hydrogen) atoms. The monoisotopic (exact) mass is 336 g/mol. The molecular formula is C18H18N5S+. The standard InChI is InChI=1S/C18H18N5S/c1-14-13-21(2)18(24-14)22-17(15-9-5-3-6-10-15)19-20-23(22)16-11-7-4-8-12-16/h3-13,18H,1-2H3/q+1. The molecule has 0 radical (unpaired) electrons. The smallest absolute Gasteiger partial charge is 0.335 e. The highest BCUT2D eigenvalue weighted by Crippen LogP contribution is 2.36. The van der Waals surface area contributed by atoms with Crippen molar-refractivity contribution in [3.05, 3.63) is 71.8 Å². The summed E-state index contributed by atoms with van der Waals surface area (Å²) in [5, 5.41) is 8.91. The van der Waals surface area contributed by atoms with E-state index in [9.17, 15) is 0 Å². The zero-order valence-corrected chi connectivity index (χ0v) is 14.4. The summed E-state index contributed by atoms with van der Waals surface area (Å²) in [5.41, 5.74) is 2.12. The van der Waals surface area contributed by atoms with Gasteiger partial charge in [0.25, 0.3) is 0 Å². The zero-order valence-electron chi connectivity index (χ0n) is 13.6. The molecule has 1 atom stereocenters. The molecule has 0 aliphatic carbocycles. The summed E-state index contributed by atoms with van der Waals surface area (Å²) < 4.78 is 2.14. The Morgan fingerprint density at radius 1 is 1.00 bits per heavy atom. The van der Waals surface area contributed by atoms with E-state index in [1.807, 2.05) is 53.3 Å². The van der Waals surface area contributed by atoms with Crippen LogP contribution >= 0.6 is 11.8 Å². The topological polar surface area (TPSA) is 37.8 Å². The number of allylic oxidation sites excluding steroid dienone is 1. The maximum Gasteiger partial charge on any atom is 0.335 e. The Labute approximate surface area is 145 Å². The van der Waals surface area contributed by atoms with Crippen molar-refractivity contribution < 1.29 is 4.68 Å². The van der Waals surface area contributed by atoms with E-state index in [2.05, 4.69) is 52.2 Å². The molecule has 0 N–H and O–H groups in total. The Hall–Kier alpha value is -2.60. The Kier molecular flexibility index (Phi) is 3.82. The molecule has 120 valence electrons. The van der Waals surface area contributed by atoms with Crippen LogP contribution in [0.3, 0.4) is 0 Å². The minimum Gasteiger partial charge on any atom is -0.338 e. The van der Waals surface area contributed by atoms with Crippen LogP contribution in [0.4, 0.5) is 0 Å². The highest BCUT2D eigenvalue weighted by molar-refractivity contribution is 8.03. The normalized spacial score (nSPS) is 17.2. The van der Waals surface area contributed by atoms with Crippen LogP contribution in [-0.4, -0.2) is 27.1 Å². The third-order valence-corrected chi connectivity index (χ3v) is 5.12. The third-order valence-electron chi connectivity index (χ3n) is 3.90. The molecule has 3 aromatic rings. The largest absolute Gasteiger partial charge is 0.338 e. The molecule has 0 bridgehead atoms. The molecule has 0 saturated carbocycles. The molecule has 0 amide bonds. The number of nitrogens with zero attached hydrogens (tertiary/aromatic N) is 5. The van der Waals surface area contributed by atoms with Crippen LogP contribution in [-0.2, 0) is 0 Å². The van der Waals surface area contributed by atoms with Crippen molar-refractivity contribution in [1.82, 2.24) is 20.0 Å². The fourth-order valence-corrected chi connectivity index (χ4v) is 3.90. The fraction of sp³-hybridized carbons (Fsp3) is 0.167. The zero-order chi connectivity index (χ0) is 16.5. The van der Waals surface area contributed by atoms with E-state index in [0.717, 1.165) is 17.1 Å². The molecule has 4 rings (SSSR count). The quantitative estimate of drug-likeness (QED) is 0.688. The Morgan fingerprint density at radius 2 is 1.67 bits per heavy atom. The highest BCUT2D eigenvalue weighted by atomic mass is 32.2. The molecule has 5 nitrogen and oxygen atoms in total. The molecule has 1 aliphatic rings. The molecular weight excluding hydrogens is 318 g/mol. The van der Waals surface area contributed by atoms with Gasteiger partial charge in [0.05, 0.1) is 5.56 Å². The first-order chi connectivity index (χ1) is 11.7. The maximum atomic E-state index is 4.48. The Bertz CT molecular complexity index is 816. The van der Waals surface area contributed by atoms with Crippen molar-refractivity contribution in [2.45, 2.75) is 12.4 Å². The first-order valence-electron chi connectivity index (χ1n) is 7.79. The summed E-state index contributed by atoms with van der Waals surface area (Å²) in [4.78, 5) is 5.34. The van der Waals surface area contributed by atoms with Gasteiger partial charge in [-0.15, -0.1) is 4.68 Å². The van der Waals surface area contributed by atoms with Gasteiger partial charge < -0.3 is 4.90 Å². The van der Waals surface area contributed by atoms with Gasteiger partial charge in [-0.1, -0.05) is 48.2 Å². The number of para-hydroxylation sites is 1. The van der Waals surface area contributed by atoms with E-state index < -0.39 is 0 Å². The van der Waals surface area contributed by atoms with Crippen LogP contribution in [0.25, 0.3) is 17.1 Å². The Balaban J connectivity index is 1.89. The summed E-state index contributed by atoms with van der Waals surface area (Å²) in [6, 6.07) is 20.3. The van der Waals surface area contributed by atoms with Gasteiger partial charge in [0.2, 0.25) is 5.50 Å². The molecule has 2 aromatic carbocycles. The van der Waals surface area contributed by atoms with Crippen molar-refractivity contribution in [3.8, 4) is 17.1 Å². The first-order valence-corrected chi connectivity index (χ1v) is 8.67. The summed E-state index contributed by atoms with van der Waals surface area (Å²) in [6.07, 6.45) is 2.15. The van der Waals surface area contributed by atoms with Crippen LogP contribution < -0.4 is 4.68 Å². The lowest BCUT2D eigenvalue weighted by molar-refractivity contribution is -0.777. The van der Waals surface area contributed by atoms with Crippen molar-refractivity contribution in [2.24, 2.45) is 0 Å².